The van der Waals surface area contributed by atoms with E-state index in [0.29, 0.717) is 23.2 Å². The summed E-state index contributed by atoms with van der Waals surface area (Å²) in [6.07, 6.45) is 4.82. The largest absolute Gasteiger partial charge is 0.361 e. The number of urea groups is 1. The lowest BCUT2D eigenvalue weighted by molar-refractivity contribution is 0.175. The van der Waals surface area contributed by atoms with E-state index >= 15 is 0 Å². The molecule has 3 heterocycles. The Labute approximate surface area is 209 Å². The number of aromatic nitrogens is 2. The molecule has 36 heavy (non-hydrogen) atoms. The molecule has 0 aliphatic carbocycles. The average Bonchev–Trinajstić information content (AvgIpc) is 2.82. The monoisotopic (exact) mass is 508 g/mol. The average molecular weight is 509 g/mol. The predicted octanol–water partition coefficient (Wildman–Crippen LogP) is 4.29. The number of benzene rings is 1. The molecule has 1 aliphatic heterocycles. The van der Waals surface area contributed by atoms with Gasteiger partial charge in [0, 0.05) is 37.6 Å². The van der Waals surface area contributed by atoms with Gasteiger partial charge in [-0.2, -0.15) is 0 Å². The number of nitrogens with zero attached hydrogens (tertiary/aromatic N) is 4. The molecule has 0 radical (unpaired) electrons. The molecule has 0 spiro atoms. The van der Waals surface area contributed by atoms with Crippen molar-refractivity contribution in [3.8, 4) is 11.1 Å². The fourth-order valence-corrected chi connectivity index (χ4v) is 5.34. The van der Waals surface area contributed by atoms with Crippen LogP contribution in [-0.4, -0.2) is 47.7 Å². The Morgan fingerprint density at radius 1 is 1.25 bits per heavy atom. The summed E-state index contributed by atoms with van der Waals surface area (Å²) >= 11 is 0. The van der Waals surface area contributed by atoms with Gasteiger partial charge in [-0.15, -0.1) is 4.98 Å². The van der Waals surface area contributed by atoms with Gasteiger partial charge in [0.25, 0.3) is 5.82 Å². The van der Waals surface area contributed by atoms with E-state index in [9.17, 15) is 17.6 Å². The van der Waals surface area contributed by atoms with Gasteiger partial charge in [-0.25, -0.2) is 22.3 Å². The number of anilines is 1. The van der Waals surface area contributed by atoms with Crippen molar-refractivity contribution in [2.24, 2.45) is 0 Å². The number of pyridine rings is 2. The van der Waals surface area contributed by atoms with Crippen molar-refractivity contribution in [3.05, 3.63) is 83.4 Å². The highest BCUT2D eigenvalue weighted by Crippen LogP contribution is 2.37. The lowest BCUT2D eigenvalue weighted by Gasteiger charge is -2.38. The first-order chi connectivity index (χ1) is 17.2. The number of amides is 2. The minimum absolute atomic E-state index is 0.113. The maximum Gasteiger partial charge on any atom is 0.332 e. The van der Waals surface area contributed by atoms with Crippen LogP contribution in [0.1, 0.15) is 30.9 Å². The number of hydrogen-bond donors (Lipinski definition) is 2. The Morgan fingerprint density at radius 3 is 2.69 bits per heavy atom. The standard InChI is InChI=1S/C25H25FN6O3S/c1-16(2)21-10-19(26)11-22(18-6-8-29-23(9-18)27-3)24(21)30-25(33)31-36(34,35)20-14-32(15-20)13-17-5-4-7-28-12-17/h4-12,16,20H,13-15H2,1-2H3,(H2,30,31,33). The molecule has 11 heteroatoms. The van der Waals surface area contributed by atoms with Crippen LogP contribution in [0.3, 0.4) is 0 Å². The number of rotatable bonds is 7. The summed E-state index contributed by atoms with van der Waals surface area (Å²) < 4.78 is 42.2. The Bertz CT molecular complexity index is 1420. The van der Waals surface area contributed by atoms with E-state index in [4.69, 9.17) is 6.57 Å². The minimum Gasteiger partial charge on any atom is -0.361 e. The van der Waals surface area contributed by atoms with Crippen LogP contribution >= 0.6 is 0 Å². The van der Waals surface area contributed by atoms with Crippen molar-refractivity contribution in [3.63, 3.8) is 0 Å². The van der Waals surface area contributed by atoms with Gasteiger partial charge in [0.15, 0.2) is 0 Å². The van der Waals surface area contributed by atoms with Crippen molar-refractivity contribution in [1.82, 2.24) is 19.6 Å². The van der Waals surface area contributed by atoms with Crippen molar-refractivity contribution >= 4 is 27.6 Å². The van der Waals surface area contributed by atoms with Crippen LogP contribution in [0.25, 0.3) is 16.0 Å². The van der Waals surface area contributed by atoms with Gasteiger partial charge >= 0.3 is 6.03 Å². The van der Waals surface area contributed by atoms with E-state index in [0.717, 1.165) is 5.56 Å². The molecule has 0 saturated carbocycles. The molecule has 2 N–H and O–H groups in total. The lowest BCUT2D eigenvalue weighted by Crippen LogP contribution is -2.58. The first-order valence-electron chi connectivity index (χ1n) is 11.3. The van der Waals surface area contributed by atoms with E-state index in [1.165, 1.54) is 24.4 Å². The summed E-state index contributed by atoms with van der Waals surface area (Å²) in [6, 6.07) is 8.42. The first kappa shape index (κ1) is 25.2. The Morgan fingerprint density at radius 2 is 2.03 bits per heavy atom. The van der Waals surface area contributed by atoms with E-state index < -0.39 is 27.1 Å². The number of carbonyl (C=O) groups excluding carboxylic acids is 1. The number of carbonyl (C=O) groups is 1. The third kappa shape index (κ3) is 5.67. The number of likely N-dealkylation sites (tertiary alicyclic amines) is 1. The van der Waals surface area contributed by atoms with Crippen LogP contribution in [0.15, 0.2) is 55.0 Å². The lowest BCUT2D eigenvalue weighted by atomic mass is 9.94. The zero-order chi connectivity index (χ0) is 25.9. The summed E-state index contributed by atoms with van der Waals surface area (Å²) in [6.45, 7) is 12.0. The van der Waals surface area contributed by atoms with Gasteiger partial charge in [-0.3, -0.25) is 9.88 Å². The Balaban J connectivity index is 1.51. The zero-order valence-electron chi connectivity index (χ0n) is 19.8. The van der Waals surface area contributed by atoms with Crippen LogP contribution in [0.2, 0.25) is 0 Å². The van der Waals surface area contributed by atoms with Crippen molar-refractivity contribution in [2.75, 3.05) is 18.4 Å². The van der Waals surface area contributed by atoms with E-state index in [2.05, 4.69) is 24.9 Å². The van der Waals surface area contributed by atoms with Crippen LogP contribution in [0.4, 0.5) is 20.7 Å². The van der Waals surface area contributed by atoms with Crippen molar-refractivity contribution in [1.29, 1.82) is 0 Å². The minimum atomic E-state index is -3.94. The normalized spacial score (nSPS) is 14.2. The quantitative estimate of drug-likeness (QED) is 0.461. The molecule has 186 valence electrons. The maximum absolute atomic E-state index is 14.5. The summed E-state index contributed by atoms with van der Waals surface area (Å²) in [5, 5.41) is 1.88. The SMILES string of the molecule is [C-]#[N+]c1cc(-c2cc(F)cc(C(C)C)c2NC(=O)NS(=O)(=O)C2CN(Cc3cccnc3)C2)ccn1. The van der Waals surface area contributed by atoms with E-state index in [1.807, 2.05) is 30.9 Å². The topological polar surface area (TPSA) is 109 Å². The molecule has 0 bridgehead atoms. The van der Waals surface area contributed by atoms with Crippen molar-refractivity contribution in [2.45, 2.75) is 31.6 Å². The van der Waals surface area contributed by atoms with Gasteiger partial charge < -0.3 is 10.2 Å². The number of nitrogens with one attached hydrogen (secondary N) is 2. The second kappa shape index (κ2) is 10.4. The zero-order valence-corrected chi connectivity index (χ0v) is 20.6. The Kier molecular flexibility index (Phi) is 7.28. The predicted molar refractivity (Wildman–Crippen MR) is 134 cm³/mol. The fraction of sp³-hybridized carbons (Fsp3) is 0.280. The van der Waals surface area contributed by atoms with Crippen LogP contribution in [0.5, 0.6) is 0 Å². The summed E-state index contributed by atoms with van der Waals surface area (Å²) in [4.78, 5) is 26.1. The molecule has 1 fully saturated rings. The maximum atomic E-state index is 14.5. The fourth-order valence-electron chi connectivity index (χ4n) is 4.05. The third-order valence-corrected chi connectivity index (χ3v) is 7.54. The molecule has 0 unspecified atom stereocenters. The van der Waals surface area contributed by atoms with Gasteiger partial charge in [0.1, 0.15) is 17.3 Å². The molecular weight excluding hydrogens is 483 g/mol. The molecule has 9 nitrogen and oxygen atoms in total. The number of halogens is 1. The van der Waals surface area contributed by atoms with Gasteiger partial charge in [0.2, 0.25) is 10.0 Å². The molecular formula is C25H25FN6O3S. The van der Waals surface area contributed by atoms with E-state index in [-0.39, 0.29) is 30.5 Å². The second-order valence-electron chi connectivity index (χ2n) is 8.87. The molecule has 1 aromatic carbocycles. The summed E-state index contributed by atoms with van der Waals surface area (Å²) in [7, 11) is -3.94. The Hall–Kier alpha value is -3.88. The highest BCUT2D eigenvalue weighted by molar-refractivity contribution is 7.90. The number of hydrogen-bond acceptors (Lipinski definition) is 6. The molecule has 4 rings (SSSR count). The third-order valence-electron chi connectivity index (χ3n) is 5.89. The molecule has 1 aliphatic rings. The highest BCUT2D eigenvalue weighted by Gasteiger charge is 2.38. The second-order valence-corrected chi connectivity index (χ2v) is 10.8. The van der Waals surface area contributed by atoms with Crippen LogP contribution in [0, 0.1) is 12.4 Å². The number of sulfonamides is 1. The highest BCUT2D eigenvalue weighted by atomic mass is 32.2. The molecule has 2 amide bonds. The molecule has 1 saturated heterocycles. The molecule has 3 aromatic rings. The van der Waals surface area contributed by atoms with Gasteiger partial charge in [0.05, 0.1) is 5.69 Å². The smallest absolute Gasteiger partial charge is 0.332 e. The van der Waals surface area contributed by atoms with Crippen LogP contribution in [-0.2, 0) is 16.6 Å². The summed E-state index contributed by atoms with van der Waals surface area (Å²) in [5.41, 5.74) is 2.53. The molecule has 2 aromatic heterocycles. The molecule has 0 atom stereocenters. The van der Waals surface area contributed by atoms with E-state index in [1.54, 1.807) is 18.5 Å². The first-order valence-corrected chi connectivity index (χ1v) is 12.8. The van der Waals surface area contributed by atoms with Gasteiger partial charge in [-0.1, -0.05) is 26.5 Å². The van der Waals surface area contributed by atoms with Crippen molar-refractivity contribution < 1.29 is 17.6 Å². The summed E-state index contributed by atoms with van der Waals surface area (Å²) in [5.74, 6) is -0.584. The van der Waals surface area contributed by atoms with Gasteiger partial charge in [-0.05, 0) is 52.9 Å². The van der Waals surface area contributed by atoms with Crippen LogP contribution < -0.4 is 10.0 Å².